The van der Waals surface area contributed by atoms with Gasteiger partial charge in [-0.1, -0.05) is 26.2 Å². The molecule has 3 heteroatoms. The van der Waals surface area contributed by atoms with Gasteiger partial charge in [-0.2, -0.15) is 0 Å². The Hall–Kier alpha value is -1.12. The van der Waals surface area contributed by atoms with Crippen LogP contribution in [0.25, 0.3) is 0 Å². The highest BCUT2D eigenvalue weighted by Crippen LogP contribution is 2.37. The molecular weight excluding hydrogens is 188 g/mol. The van der Waals surface area contributed by atoms with Crippen molar-refractivity contribution in [2.75, 3.05) is 0 Å². The van der Waals surface area contributed by atoms with Gasteiger partial charge >= 0.3 is 0 Å². The molecule has 0 bridgehead atoms. The third-order valence-corrected chi connectivity index (χ3v) is 3.56. The van der Waals surface area contributed by atoms with Crippen LogP contribution in [0, 0.1) is 6.92 Å². The van der Waals surface area contributed by atoms with E-state index in [4.69, 9.17) is 0 Å². The molecule has 1 N–H and O–H groups in total. The van der Waals surface area contributed by atoms with Gasteiger partial charge in [0.15, 0.2) is 6.29 Å². The van der Waals surface area contributed by atoms with E-state index in [-0.39, 0.29) is 5.41 Å². The number of nitrogens with one attached hydrogen (secondary N) is 1. The molecule has 1 saturated carbocycles. The number of nitrogens with zero attached hydrogens (tertiary/aromatic N) is 1. The second-order valence-electron chi connectivity index (χ2n) is 4.83. The van der Waals surface area contributed by atoms with Gasteiger partial charge in [-0.05, 0) is 19.8 Å². The van der Waals surface area contributed by atoms with Crippen molar-refractivity contribution in [2.45, 2.75) is 51.4 Å². The number of hydrogen-bond acceptors (Lipinski definition) is 2. The molecule has 0 aromatic carbocycles. The number of aryl methyl sites for hydroxylation is 1. The van der Waals surface area contributed by atoms with Gasteiger partial charge in [0.25, 0.3) is 0 Å². The Kier molecular flexibility index (Phi) is 2.63. The van der Waals surface area contributed by atoms with Crippen molar-refractivity contribution >= 4 is 6.29 Å². The second-order valence-corrected chi connectivity index (χ2v) is 4.83. The molecule has 2 rings (SSSR count). The Balaban J connectivity index is 2.30. The van der Waals surface area contributed by atoms with Crippen LogP contribution in [0.1, 0.15) is 61.0 Å². The minimum Gasteiger partial charge on any atom is -0.345 e. The standard InChI is InChI=1S/C12H18N2O/c1-9-10(8-15)14-11(13-9)12(2)6-4-3-5-7-12/h8H,3-7H2,1-2H3,(H,13,14). The van der Waals surface area contributed by atoms with E-state index in [1.807, 2.05) is 6.92 Å². The van der Waals surface area contributed by atoms with Crippen molar-refractivity contribution in [3.05, 3.63) is 17.2 Å². The summed E-state index contributed by atoms with van der Waals surface area (Å²) >= 11 is 0. The fraction of sp³-hybridized carbons (Fsp3) is 0.667. The van der Waals surface area contributed by atoms with Crippen LogP contribution in [0.4, 0.5) is 0 Å². The van der Waals surface area contributed by atoms with Crippen LogP contribution in [0.5, 0.6) is 0 Å². The number of H-pyrrole nitrogens is 1. The fourth-order valence-electron chi connectivity index (χ4n) is 2.44. The third kappa shape index (κ3) is 1.83. The summed E-state index contributed by atoms with van der Waals surface area (Å²) in [5, 5.41) is 0. The lowest BCUT2D eigenvalue weighted by Crippen LogP contribution is -2.26. The molecule has 82 valence electrons. The summed E-state index contributed by atoms with van der Waals surface area (Å²) in [7, 11) is 0. The van der Waals surface area contributed by atoms with Gasteiger partial charge in [0.1, 0.15) is 11.5 Å². The molecular formula is C12H18N2O. The maximum Gasteiger partial charge on any atom is 0.170 e. The largest absolute Gasteiger partial charge is 0.345 e. The van der Waals surface area contributed by atoms with Crippen LogP contribution in [0.15, 0.2) is 0 Å². The maximum absolute atomic E-state index is 10.7. The summed E-state index contributed by atoms with van der Waals surface area (Å²) in [6.07, 6.45) is 7.06. The number of aromatic amines is 1. The zero-order valence-corrected chi connectivity index (χ0v) is 9.47. The van der Waals surface area contributed by atoms with Crippen molar-refractivity contribution in [3.8, 4) is 0 Å². The minimum atomic E-state index is 0.157. The molecule has 1 heterocycles. The topological polar surface area (TPSA) is 45.8 Å². The number of hydrogen-bond donors (Lipinski definition) is 1. The first-order valence-electron chi connectivity index (χ1n) is 5.68. The lowest BCUT2D eigenvalue weighted by molar-refractivity contribution is 0.111. The van der Waals surface area contributed by atoms with Crippen LogP contribution < -0.4 is 0 Å². The maximum atomic E-state index is 10.7. The molecule has 0 saturated heterocycles. The zero-order chi connectivity index (χ0) is 10.9. The van der Waals surface area contributed by atoms with Crippen molar-refractivity contribution in [2.24, 2.45) is 0 Å². The van der Waals surface area contributed by atoms with Crippen molar-refractivity contribution < 1.29 is 4.79 Å². The Morgan fingerprint density at radius 2 is 2.00 bits per heavy atom. The van der Waals surface area contributed by atoms with E-state index in [2.05, 4.69) is 16.9 Å². The van der Waals surface area contributed by atoms with Crippen LogP contribution in [-0.2, 0) is 5.41 Å². The Morgan fingerprint density at radius 1 is 1.33 bits per heavy atom. The summed E-state index contributed by atoms with van der Waals surface area (Å²) in [6.45, 7) is 4.16. The van der Waals surface area contributed by atoms with Crippen LogP contribution >= 0.6 is 0 Å². The molecule has 0 unspecified atom stereocenters. The SMILES string of the molecule is Cc1[nH]c(C2(C)CCCCC2)nc1C=O. The Labute approximate surface area is 90.3 Å². The molecule has 0 aliphatic heterocycles. The summed E-state index contributed by atoms with van der Waals surface area (Å²) in [5.74, 6) is 1.00. The average molecular weight is 206 g/mol. The second kappa shape index (κ2) is 3.80. The average Bonchev–Trinajstić information content (AvgIpc) is 2.61. The lowest BCUT2D eigenvalue weighted by atomic mass is 9.75. The smallest absolute Gasteiger partial charge is 0.170 e. The highest BCUT2D eigenvalue weighted by atomic mass is 16.1. The predicted molar refractivity (Wildman–Crippen MR) is 59.1 cm³/mol. The van der Waals surface area contributed by atoms with E-state index in [0.29, 0.717) is 5.69 Å². The van der Waals surface area contributed by atoms with Crippen LogP contribution in [0.3, 0.4) is 0 Å². The molecule has 0 radical (unpaired) electrons. The fourth-order valence-corrected chi connectivity index (χ4v) is 2.44. The minimum absolute atomic E-state index is 0.157. The number of aromatic nitrogens is 2. The summed E-state index contributed by atoms with van der Waals surface area (Å²) in [5.41, 5.74) is 1.62. The molecule has 0 spiro atoms. The molecule has 1 aromatic heterocycles. The number of carbonyl (C=O) groups excluding carboxylic acids is 1. The molecule has 1 fully saturated rings. The van der Waals surface area contributed by atoms with E-state index < -0.39 is 0 Å². The summed E-state index contributed by atoms with van der Waals surface area (Å²) in [4.78, 5) is 18.4. The number of carbonyl (C=O) groups is 1. The van der Waals surface area contributed by atoms with E-state index in [1.165, 1.54) is 32.1 Å². The van der Waals surface area contributed by atoms with E-state index >= 15 is 0 Å². The lowest BCUT2D eigenvalue weighted by Gasteiger charge is -2.31. The first-order chi connectivity index (χ1) is 7.15. The molecule has 0 atom stereocenters. The quantitative estimate of drug-likeness (QED) is 0.756. The zero-order valence-electron chi connectivity index (χ0n) is 9.47. The number of aldehydes is 1. The molecule has 1 aliphatic carbocycles. The predicted octanol–water partition coefficient (Wildman–Crippen LogP) is 2.75. The van der Waals surface area contributed by atoms with Crippen molar-refractivity contribution in [1.29, 1.82) is 0 Å². The van der Waals surface area contributed by atoms with Crippen LogP contribution in [0.2, 0.25) is 0 Å². The highest BCUT2D eigenvalue weighted by Gasteiger charge is 2.32. The van der Waals surface area contributed by atoms with Gasteiger partial charge in [0, 0.05) is 11.1 Å². The van der Waals surface area contributed by atoms with Gasteiger partial charge in [-0.3, -0.25) is 4.79 Å². The molecule has 0 amide bonds. The van der Waals surface area contributed by atoms with Gasteiger partial charge in [0.2, 0.25) is 0 Å². The van der Waals surface area contributed by atoms with Gasteiger partial charge in [-0.15, -0.1) is 0 Å². The Morgan fingerprint density at radius 3 is 2.53 bits per heavy atom. The third-order valence-electron chi connectivity index (χ3n) is 3.56. The van der Waals surface area contributed by atoms with Gasteiger partial charge in [-0.25, -0.2) is 4.98 Å². The van der Waals surface area contributed by atoms with Gasteiger partial charge in [0.05, 0.1) is 0 Å². The normalized spacial score (nSPS) is 20.1. The molecule has 15 heavy (non-hydrogen) atoms. The monoisotopic (exact) mass is 206 g/mol. The van der Waals surface area contributed by atoms with Crippen molar-refractivity contribution in [1.82, 2.24) is 9.97 Å². The highest BCUT2D eigenvalue weighted by molar-refractivity contribution is 5.73. The molecule has 1 aromatic rings. The van der Waals surface area contributed by atoms with Gasteiger partial charge < -0.3 is 4.98 Å². The molecule has 3 nitrogen and oxygen atoms in total. The number of imidazole rings is 1. The number of rotatable bonds is 2. The van der Waals surface area contributed by atoms with Crippen molar-refractivity contribution in [3.63, 3.8) is 0 Å². The van der Waals surface area contributed by atoms with Crippen LogP contribution in [-0.4, -0.2) is 16.3 Å². The molecule has 1 aliphatic rings. The Bertz CT molecular complexity index is 362. The van der Waals surface area contributed by atoms with E-state index in [9.17, 15) is 4.79 Å². The first-order valence-corrected chi connectivity index (χ1v) is 5.68. The summed E-state index contributed by atoms with van der Waals surface area (Å²) < 4.78 is 0. The first kappa shape index (κ1) is 10.4. The summed E-state index contributed by atoms with van der Waals surface area (Å²) in [6, 6.07) is 0. The van der Waals surface area contributed by atoms with E-state index in [1.54, 1.807) is 0 Å². The van der Waals surface area contributed by atoms with E-state index in [0.717, 1.165) is 17.8 Å².